The number of Topliss-reactive ketones (excluding diaryl/α,β-unsaturated/α-hetero) is 1. The lowest BCUT2D eigenvalue weighted by atomic mass is 9.91. The maximum atomic E-state index is 15.3. The second-order valence-corrected chi connectivity index (χ2v) is 29.9. The first kappa shape index (κ1) is 84.3. The molecule has 2 fully saturated rings. The van der Waals surface area contributed by atoms with Gasteiger partial charge in [-0.05, 0) is 120 Å². The number of ketones is 1. The maximum Gasteiger partial charge on any atom is 0.329 e. The van der Waals surface area contributed by atoms with Crippen LogP contribution in [-0.4, -0.2) is 282 Å². The number of esters is 1. The third-order valence-electron chi connectivity index (χ3n) is 17.9. The molecule has 0 spiro atoms. The van der Waals surface area contributed by atoms with Crippen molar-refractivity contribution in [1.29, 1.82) is 0 Å². The quantitative estimate of drug-likeness (QED) is 0.107. The average Bonchev–Trinajstić information content (AvgIpc) is 0.828. The first-order valence-corrected chi connectivity index (χ1v) is 34.2. The molecule has 0 bridgehead atoms. The number of carbonyl (C=O) groups excluding carboxylic acids is 11. The van der Waals surface area contributed by atoms with Gasteiger partial charge < -0.3 is 70.5 Å². The van der Waals surface area contributed by atoms with Crippen LogP contribution in [-0.2, 0) is 57.5 Å². The smallest absolute Gasteiger partial charge is 0.329 e. The normalized spacial score (nSPS) is 27.4. The van der Waals surface area contributed by atoms with Gasteiger partial charge in [0.2, 0.25) is 47.3 Å². The number of amides is 9. The molecule has 0 saturated carbocycles. The van der Waals surface area contributed by atoms with Gasteiger partial charge in [0.25, 0.3) is 5.91 Å². The summed E-state index contributed by atoms with van der Waals surface area (Å²) in [4.78, 5) is 173. The number of hydrogen-bond donors (Lipinski definition) is 6. The molecule has 2 rings (SSSR count). The van der Waals surface area contributed by atoms with Crippen molar-refractivity contribution in [3.63, 3.8) is 0 Å². The van der Waals surface area contributed by atoms with Crippen molar-refractivity contribution in [2.24, 2.45) is 47.3 Å². The first-order valence-electron chi connectivity index (χ1n) is 34.2. The van der Waals surface area contributed by atoms with E-state index in [9.17, 15) is 48.6 Å². The number of likely N-dealkylation sites (N-methyl/N-ethyl adjacent to an activating group) is 7. The summed E-state index contributed by atoms with van der Waals surface area (Å²) in [6.45, 7) is 32.7. The van der Waals surface area contributed by atoms with Gasteiger partial charge in [0.15, 0.2) is 11.9 Å². The molecule has 13 atom stereocenters. The van der Waals surface area contributed by atoms with Gasteiger partial charge in [-0.3, -0.25) is 52.8 Å². The molecule has 26 heteroatoms. The second kappa shape index (κ2) is 38.8. The van der Waals surface area contributed by atoms with Gasteiger partial charge in [-0.2, -0.15) is 0 Å². The number of nitrogens with one attached hydrogen (secondary N) is 4. The van der Waals surface area contributed by atoms with Crippen LogP contribution in [0.5, 0.6) is 0 Å². The minimum atomic E-state index is -1.72. The summed E-state index contributed by atoms with van der Waals surface area (Å²) in [6, 6.07) is -11.9. The molecular formula is C68H124N12O14. The molecule has 2 aliphatic rings. The predicted molar refractivity (Wildman–Crippen MR) is 361 cm³/mol. The van der Waals surface area contributed by atoms with Crippen molar-refractivity contribution in [3.8, 4) is 0 Å². The minimum Gasteiger partial charge on any atom is -0.450 e. The third-order valence-corrected chi connectivity index (χ3v) is 17.9. The van der Waals surface area contributed by atoms with E-state index in [-0.39, 0.29) is 68.2 Å². The average molecular weight is 1330 g/mol. The number of aliphatic hydroxyl groups is 2. The molecule has 26 nitrogen and oxygen atoms in total. The number of aliphatic hydroxyl groups excluding tert-OH is 2. The van der Waals surface area contributed by atoms with E-state index in [1.165, 1.54) is 68.7 Å². The summed E-state index contributed by atoms with van der Waals surface area (Å²) in [5.74, 6) is -10.8. The van der Waals surface area contributed by atoms with E-state index in [4.69, 9.17) is 4.74 Å². The number of rotatable bonds is 18. The van der Waals surface area contributed by atoms with Crippen LogP contribution in [0.1, 0.15) is 156 Å². The molecule has 2 aliphatic heterocycles. The van der Waals surface area contributed by atoms with E-state index >= 15 is 14.4 Å². The van der Waals surface area contributed by atoms with E-state index in [1.807, 2.05) is 76.3 Å². The van der Waals surface area contributed by atoms with Gasteiger partial charge in [-0.25, -0.2) is 4.79 Å². The predicted octanol–water partition coefficient (Wildman–Crippen LogP) is 2.06. The molecule has 540 valence electrons. The van der Waals surface area contributed by atoms with Crippen molar-refractivity contribution in [3.05, 3.63) is 0 Å². The van der Waals surface area contributed by atoms with Gasteiger partial charge in [0.05, 0.1) is 31.3 Å². The SMILES string of the molecule is CC(C)C[C@@H]1C(=O)N[C@H](CC(C)C)C(=O)N(C)[C@H](C(C)C)C(=O)N(C)[C@H]([C@H](O)[C@H](C)CCN2CCN(C)CC2)C(=O)N[C@H]([C@@H](C)O)C(=O)N(C)CC(=O)CN(C)[C@@H](CC(C)C)C(=O)N[C@H](CC(C)C)C(=O)N(C)[C@H](CC(C)C)C(=O)N[C@H](C)C(=O)O[C@@H](C(C)C)C(=O)N1C. The Bertz CT molecular complexity index is 2520. The molecule has 0 aliphatic carbocycles. The first-order chi connectivity index (χ1) is 43.4. The van der Waals surface area contributed by atoms with E-state index < -0.39 is 162 Å². The van der Waals surface area contributed by atoms with Gasteiger partial charge in [-0.1, -0.05) is 104 Å². The van der Waals surface area contributed by atoms with Crippen LogP contribution in [0.3, 0.4) is 0 Å². The zero-order chi connectivity index (χ0) is 72.2. The molecular weight excluding hydrogens is 1210 g/mol. The molecule has 0 aromatic rings. The minimum absolute atomic E-state index is 0.0848. The highest BCUT2D eigenvalue weighted by molar-refractivity contribution is 5.99. The third kappa shape index (κ3) is 25.3. The van der Waals surface area contributed by atoms with E-state index in [0.717, 1.165) is 36.0 Å². The molecule has 9 amide bonds. The van der Waals surface area contributed by atoms with Gasteiger partial charge in [0.1, 0.15) is 48.3 Å². The van der Waals surface area contributed by atoms with Gasteiger partial charge in [-0.15, -0.1) is 0 Å². The monoisotopic (exact) mass is 1330 g/mol. The summed E-state index contributed by atoms with van der Waals surface area (Å²) in [5, 5.41) is 34.9. The highest BCUT2D eigenvalue weighted by atomic mass is 16.6. The van der Waals surface area contributed by atoms with E-state index in [0.29, 0.717) is 13.0 Å². The van der Waals surface area contributed by atoms with Gasteiger partial charge in [0, 0.05) is 61.4 Å². The molecule has 0 radical (unpaired) electrons. The fourth-order valence-corrected chi connectivity index (χ4v) is 12.2. The van der Waals surface area contributed by atoms with Crippen molar-refractivity contribution in [2.45, 2.75) is 229 Å². The Morgan fingerprint density at radius 1 is 0.457 bits per heavy atom. The Labute approximate surface area is 562 Å². The Morgan fingerprint density at radius 3 is 1.33 bits per heavy atom. The van der Waals surface area contributed by atoms with Crippen LogP contribution >= 0.6 is 0 Å². The lowest BCUT2D eigenvalue weighted by Gasteiger charge is -2.40. The molecule has 2 heterocycles. The van der Waals surface area contributed by atoms with Crippen molar-refractivity contribution in [2.75, 3.05) is 95.1 Å². The molecule has 2 saturated heterocycles. The van der Waals surface area contributed by atoms with E-state index in [2.05, 4.69) is 31.1 Å². The molecule has 0 unspecified atom stereocenters. The molecule has 94 heavy (non-hydrogen) atoms. The van der Waals surface area contributed by atoms with E-state index in [1.54, 1.807) is 41.7 Å². The van der Waals surface area contributed by atoms with Crippen LogP contribution in [0, 0.1) is 47.3 Å². The van der Waals surface area contributed by atoms with Crippen LogP contribution in [0.25, 0.3) is 0 Å². The molecule has 0 aromatic heterocycles. The summed E-state index contributed by atoms with van der Waals surface area (Å²) in [5.41, 5.74) is 0. The molecule has 6 N–H and O–H groups in total. The van der Waals surface area contributed by atoms with Crippen molar-refractivity contribution >= 4 is 64.9 Å². The van der Waals surface area contributed by atoms with Crippen molar-refractivity contribution in [1.82, 2.24) is 60.5 Å². The number of piperazine rings is 1. The Hall–Kier alpha value is -5.83. The number of nitrogens with zero attached hydrogens (tertiary/aromatic N) is 8. The summed E-state index contributed by atoms with van der Waals surface area (Å²) in [7, 11) is 10.5. The largest absolute Gasteiger partial charge is 0.450 e. The number of hydrogen-bond acceptors (Lipinski definition) is 17. The van der Waals surface area contributed by atoms with Crippen LogP contribution in [0.4, 0.5) is 0 Å². The summed E-state index contributed by atoms with van der Waals surface area (Å²) < 4.78 is 5.92. The lowest BCUT2D eigenvalue weighted by molar-refractivity contribution is -0.166. The number of carbonyl (C=O) groups is 11. The van der Waals surface area contributed by atoms with Crippen molar-refractivity contribution < 1.29 is 67.7 Å². The Balaban J connectivity index is 2.99. The summed E-state index contributed by atoms with van der Waals surface area (Å²) >= 11 is 0. The zero-order valence-corrected chi connectivity index (χ0v) is 61.6. The van der Waals surface area contributed by atoms with Gasteiger partial charge >= 0.3 is 5.97 Å². The zero-order valence-electron chi connectivity index (χ0n) is 61.6. The number of cyclic esters (lactones) is 1. The highest BCUT2D eigenvalue weighted by Gasteiger charge is 2.46. The summed E-state index contributed by atoms with van der Waals surface area (Å²) in [6.07, 6.45) is -3.49. The van der Waals surface area contributed by atoms with Crippen LogP contribution in [0.15, 0.2) is 0 Å². The lowest BCUT2D eigenvalue weighted by Crippen LogP contribution is -2.64. The number of ether oxygens (including phenoxy) is 1. The fourth-order valence-electron chi connectivity index (χ4n) is 12.2. The Kier molecular flexibility index (Phi) is 34.8. The fraction of sp³-hybridized carbons (Fsp3) is 0.838. The Morgan fingerprint density at radius 2 is 0.883 bits per heavy atom. The van der Waals surface area contributed by atoms with Crippen LogP contribution < -0.4 is 21.3 Å². The highest BCUT2D eigenvalue weighted by Crippen LogP contribution is 2.25. The second-order valence-electron chi connectivity index (χ2n) is 29.9. The van der Waals surface area contributed by atoms with Crippen LogP contribution in [0.2, 0.25) is 0 Å². The molecule has 0 aromatic carbocycles. The maximum absolute atomic E-state index is 15.3. The standard InChI is InChI=1S/C68H124N12O14/c1-38(2)31-49-63(88)76(21)52(34-41(7)8)60(85)69-46(16)68(93)94-58(44(13)14)67(92)77(22)53(35-42(9)10)61(86)71-50(32-39(3)4)64(89)78(23)55(43(11)12)66(91)79(24)56(57(83)45(15)25-26-80-29-27-73(18)28-30-80)62(87)72-54(47(17)81)65(90)75(20)37-48(82)36-74(19)51(33-40(5)6)59(84)70-49/h38-47,49-58,81,83H,25-37H2,1-24H3,(H,69,85)(H,70,84)(H,71,86)(H,72,87)/t45-,46-,47-,49-,50-,51+,52-,53-,54-,55-,56-,57-,58+/m1/s1. The topological polar surface area (TPSA) is 312 Å².